The summed E-state index contributed by atoms with van der Waals surface area (Å²) in [5.41, 5.74) is 1.33. The standard InChI is InChI=1S/C12H18O3/c13-12(14)8-4-2-1-3-6-11-7-5-9-15-10-11/h5,7,9H,1-4,6,8,10H2,(H,13,14). The van der Waals surface area contributed by atoms with Gasteiger partial charge in [0.05, 0.1) is 6.26 Å². The molecule has 0 saturated carbocycles. The predicted molar refractivity (Wildman–Crippen MR) is 58.5 cm³/mol. The van der Waals surface area contributed by atoms with E-state index in [0.717, 1.165) is 32.1 Å². The van der Waals surface area contributed by atoms with Crippen LogP contribution in [-0.4, -0.2) is 17.7 Å². The fourth-order valence-corrected chi connectivity index (χ4v) is 1.57. The van der Waals surface area contributed by atoms with Gasteiger partial charge in [-0.25, -0.2) is 0 Å². The van der Waals surface area contributed by atoms with Crippen LogP contribution in [0.5, 0.6) is 0 Å². The molecule has 1 heterocycles. The zero-order valence-corrected chi connectivity index (χ0v) is 8.95. The van der Waals surface area contributed by atoms with Crippen molar-refractivity contribution in [1.82, 2.24) is 0 Å². The largest absolute Gasteiger partial charge is 0.497 e. The van der Waals surface area contributed by atoms with Crippen molar-refractivity contribution < 1.29 is 14.6 Å². The molecule has 15 heavy (non-hydrogen) atoms. The van der Waals surface area contributed by atoms with E-state index in [1.807, 2.05) is 6.08 Å². The number of rotatable bonds is 7. The maximum atomic E-state index is 10.2. The molecule has 1 rings (SSSR count). The van der Waals surface area contributed by atoms with Crippen LogP contribution in [0.2, 0.25) is 0 Å². The zero-order chi connectivity index (χ0) is 10.9. The van der Waals surface area contributed by atoms with E-state index >= 15 is 0 Å². The highest BCUT2D eigenvalue weighted by Gasteiger charge is 2.00. The maximum absolute atomic E-state index is 10.2. The van der Waals surface area contributed by atoms with E-state index < -0.39 is 5.97 Å². The van der Waals surface area contributed by atoms with Gasteiger partial charge in [0, 0.05) is 6.42 Å². The van der Waals surface area contributed by atoms with Gasteiger partial charge < -0.3 is 9.84 Å². The summed E-state index contributed by atoms with van der Waals surface area (Å²) in [6, 6.07) is 0. The number of aliphatic carboxylic acids is 1. The molecule has 0 aromatic rings. The number of carbonyl (C=O) groups is 1. The lowest BCUT2D eigenvalue weighted by Crippen LogP contribution is -1.97. The normalized spacial score (nSPS) is 14.5. The van der Waals surface area contributed by atoms with Crippen LogP contribution in [0.4, 0.5) is 0 Å². The van der Waals surface area contributed by atoms with Gasteiger partial charge in [0.2, 0.25) is 0 Å². The second kappa shape index (κ2) is 7.10. The lowest BCUT2D eigenvalue weighted by molar-refractivity contribution is -0.137. The first-order valence-electron chi connectivity index (χ1n) is 5.47. The molecule has 1 aliphatic rings. The lowest BCUT2D eigenvalue weighted by Gasteiger charge is -2.09. The molecular weight excluding hydrogens is 192 g/mol. The lowest BCUT2D eigenvalue weighted by atomic mass is 10.1. The smallest absolute Gasteiger partial charge is 0.303 e. The third kappa shape index (κ3) is 5.94. The van der Waals surface area contributed by atoms with Crippen molar-refractivity contribution in [2.75, 3.05) is 6.61 Å². The number of carboxylic acids is 1. The van der Waals surface area contributed by atoms with E-state index in [-0.39, 0.29) is 0 Å². The molecule has 0 radical (unpaired) electrons. The first-order valence-corrected chi connectivity index (χ1v) is 5.47. The van der Waals surface area contributed by atoms with Crippen LogP contribution in [0.25, 0.3) is 0 Å². The number of ether oxygens (including phenoxy) is 1. The molecular formula is C12H18O3. The van der Waals surface area contributed by atoms with Crippen molar-refractivity contribution in [3.63, 3.8) is 0 Å². The summed E-state index contributed by atoms with van der Waals surface area (Å²) in [6.45, 7) is 0.714. The summed E-state index contributed by atoms with van der Waals surface area (Å²) >= 11 is 0. The van der Waals surface area contributed by atoms with Crippen molar-refractivity contribution in [3.05, 3.63) is 24.0 Å². The summed E-state index contributed by atoms with van der Waals surface area (Å²) in [6.07, 6.45) is 11.1. The van der Waals surface area contributed by atoms with Crippen molar-refractivity contribution in [3.8, 4) is 0 Å². The molecule has 0 bridgehead atoms. The van der Waals surface area contributed by atoms with Crippen molar-refractivity contribution in [1.29, 1.82) is 0 Å². The molecule has 3 nitrogen and oxygen atoms in total. The van der Waals surface area contributed by atoms with E-state index in [1.165, 1.54) is 5.57 Å². The Morgan fingerprint density at radius 2 is 2.13 bits per heavy atom. The van der Waals surface area contributed by atoms with Crippen LogP contribution in [0.3, 0.4) is 0 Å². The first kappa shape index (κ1) is 11.8. The Hall–Kier alpha value is -1.25. The molecule has 1 aliphatic heterocycles. The second-order valence-electron chi connectivity index (χ2n) is 3.77. The molecule has 0 spiro atoms. The van der Waals surface area contributed by atoms with E-state index in [2.05, 4.69) is 6.08 Å². The van der Waals surface area contributed by atoms with Gasteiger partial charge >= 0.3 is 5.97 Å². The molecule has 0 fully saturated rings. The number of allylic oxidation sites excluding steroid dienone is 2. The number of carboxylic acid groups (broad SMARTS) is 1. The van der Waals surface area contributed by atoms with E-state index in [4.69, 9.17) is 9.84 Å². The van der Waals surface area contributed by atoms with Gasteiger partial charge in [-0.2, -0.15) is 0 Å². The van der Waals surface area contributed by atoms with Crippen LogP contribution in [0, 0.1) is 0 Å². The van der Waals surface area contributed by atoms with Gasteiger partial charge in [-0.1, -0.05) is 18.9 Å². The minimum absolute atomic E-state index is 0.300. The summed E-state index contributed by atoms with van der Waals surface area (Å²) in [7, 11) is 0. The number of hydrogen-bond donors (Lipinski definition) is 1. The highest BCUT2D eigenvalue weighted by molar-refractivity contribution is 5.66. The van der Waals surface area contributed by atoms with Crippen molar-refractivity contribution in [2.24, 2.45) is 0 Å². The maximum Gasteiger partial charge on any atom is 0.303 e. The highest BCUT2D eigenvalue weighted by Crippen LogP contribution is 2.13. The fourth-order valence-electron chi connectivity index (χ4n) is 1.57. The van der Waals surface area contributed by atoms with E-state index in [1.54, 1.807) is 6.26 Å². The second-order valence-corrected chi connectivity index (χ2v) is 3.77. The van der Waals surface area contributed by atoms with Gasteiger partial charge in [0.25, 0.3) is 0 Å². The fraction of sp³-hybridized carbons (Fsp3) is 0.583. The summed E-state index contributed by atoms with van der Waals surface area (Å²) < 4.78 is 5.17. The van der Waals surface area contributed by atoms with Crippen LogP contribution < -0.4 is 0 Å². The van der Waals surface area contributed by atoms with Crippen molar-refractivity contribution in [2.45, 2.75) is 38.5 Å². The molecule has 0 aromatic heterocycles. The molecule has 0 atom stereocenters. The average molecular weight is 210 g/mol. The molecule has 3 heteroatoms. The third-order valence-electron chi connectivity index (χ3n) is 2.41. The summed E-state index contributed by atoms with van der Waals surface area (Å²) in [5, 5.41) is 8.44. The molecule has 0 unspecified atom stereocenters. The van der Waals surface area contributed by atoms with Gasteiger partial charge in [-0.05, 0) is 30.9 Å². The topological polar surface area (TPSA) is 46.5 Å². The van der Waals surface area contributed by atoms with Crippen molar-refractivity contribution >= 4 is 5.97 Å². The Morgan fingerprint density at radius 1 is 1.33 bits per heavy atom. The number of unbranched alkanes of at least 4 members (excludes halogenated alkanes) is 3. The predicted octanol–water partition coefficient (Wildman–Crippen LogP) is 2.88. The Kier molecular flexibility index (Phi) is 5.59. The molecule has 0 aromatic carbocycles. The number of hydrogen-bond acceptors (Lipinski definition) is 2. The molecule has 84 valence electrons. The van der Waals surface area contributed by atoms with Gasteiger partial charge in [-0.15, -0.1) is 0 Å². The molecule has 0 saturated heterocycles. The minimum Gasteiger partial charge on any atom is -0.497 e. The van der Waals surface area contributed by atoms with Crippen LogP contribution >= 0.6 is 0 Å². The summed E-state index contributed by atoms with van der Waals surface area (Å²) in [5.74, 6) is -0.691. The van der Waals surface area contributed by atoms with Crippen LogP contribution in [-0.2, 0) is 9.53 Å². The molecule has 1 N–H and O–H groups in total. The minimum atomic E-state index is -0.691. The van der Waals surface area contributed by atoms with E-state index in [9.17, 15) is 4.79 Å². The Labute approximate surface area is 90.4 Å². The first-order chi connectivity index (χ1) is 7.29. The Balaban J connectivity index is 1.95. The average Bonchev–Trinajstić information content (AvgIpc) is 2.24. The monoisotopic (exact) mass is 210 g/mol. The van der Waals surface area contributed by atoms with Crippen LogP contribution in [0.1, 0.15) is 38.5 Å². The third-order valence-corrected chi connectivity index (χ3v) is 2.41. The van der Waals surface area contributed by atoms with Gasteiger partial charge in [-0.3, -0.25) is 4.79 Å². The SMILES string of the molecule is O=C(O)CCCCCCC1=CC=COC1. The van der Waals surface area contributed by atoms with E-state index in [0.29, 0.717) is 13.0 Å². The molecule has 0 amide bonds. The highest BCUT2D eigenvalue weighted by atomic mass is 16.5. The Morgan fingerprint density at radius 3 is 2.80 bits per heavy atom. The zero-order valence-electron chi connectivity index (χ0n) is 8.95. The van der Waals surface area contributed by atoms with Crippen LogP contribution in [0.15, 0.2) is 24.0 Å². The quantitative estimate of drug-likeness (QED) is 0.657. The molecule has 0 aliphatic carbocycles. The Bertz CT molecular complexity index is 254. The van der Waals surface area contributed by atoms with Gasteiger partial charge in [0.15, 0.2) is 0 Å². The van der Waals surface area contributed by atoms with Gasteiger partial charge in [0.1, 0.15) is 6.61 Å². The summed E-state index contributed by atoms with van der Waals surface area (Å²) in [4.78, 5) is 10.2.